The Bertz CT molecular complexity index is 838. The lowest BCUT2D eigenvalue weighted by Crippen LogP contribution is -2.24. The van der Waals surface area contributed by atoms with E-state index in [0.29, 0.717) is 0 Å². The predicted octanol–water partition coefficient (Wildman–Crippen LogP) is 3.85. The highest BCUT2D eigenvalue weighted by Crippen LogP contribution is 2.30. The van der Waals surface area contributed by atoms with Gasteiger partial charge in [-0.2, -0.15) is 13.2 Å². The first kappa shape index (κ1) is 18.6. The topological polar surface area (TPSA) is 55.4 Å². The van der Waals surface area contributed by atoms with E-state index in [-0.39, 0.29) is 27.8 Å². The third-order valence-corrected chi connectivity index (χ3v) is 4.79. The van der Waals surface area contributed by atoms with E-state index in [9.17, 15) is 21.6 Å². The number of methoxy groups -OCH3 is 1. The number of nitrogens with one attached hydrogen (secondary N) is 1. The third kappa shape index (κ3) is 4.40. The molecule has 0 aliphatic heterocycles. The summed E-state index contributed by atoms with van der Waals surface area (Å²) in [6.45, 7) is -0.304. The average molecular weight is 380 g/mol. The van der Waals surface area contributed by atoms with Crippen molar-refractivity contribution >= 4 is 21.6 Å². The molecule has 1 N–H and O–H groups in total. The van der Waals surface area contributed by atoms with Crippen LogP contribution in [-0.2, 0) is 22.7 Å². The van der Waals surface area contributed by atoms with Crippen molar-refractivity contribution in [3.63, 3.8) is 0 Å². The van der Waals surface area contributed by atoms with Gasteiger partial charge >= 0.3 is 6.18 Å². The minimum atomic E-state index is -4.49. The molecule has 2 aromatic rings. The maximum atomic E-state index is 12.7. The zero-order chi connectivity index (χ0) is 18.0. The van der Waals surface area contributed by atoms with E-state index in [0.717, 1.165) is 12.1 Å². The Morgan fingerprint density at radius 3 is 2.50 bits per heavy atom. The van der Waals surface area contributed by atoms with Gasteiger partial charge < -0.3 is 4.74 Å². The molecule has 4 nitrogen and oxygen atoms in total. The number of hydrogen-bond acceptors (Lipinski definition) is 3. The molecule has 0 aromatic heterocycles. The lowest BCUT2D eigenvalue weighted by Gasteiger charge is -2.12. The van der Waals surface area contributed by atoms with Gasteiger partial charge in [0, 0.05) is 11.6 Å². The monoisotopic (exact) mass is 379 g/mol. The molecule has 0 unspecified atom stereocenters. The van der Waals surface area contributed by atoms with Crippen molar-refractivity contribution < 1.29 is 26.3 Å². The minimum absolute atomic E-state index is 0.0796. The van der Waals surface area contributed by atoms with Crippen LogP contribution in [0, 0.1) is 0 Å². The first-order valence-electron chi connectivity index (χ1n) is 6.63. The van der Waals surface area contributed by atoms with Crippen LogP contribution in [0.2, 0.25) is 5.02 Å². The fourth-order valence-corrected chi connectivity index (χ4v) is 3.42. The number of hydrogen-bond donors (Lipinski definition) is 1. The Morgan fingerprint density at radius 1 is 1.17 bits per heavy atom. The van der Waals surface area contributed by atoms with E-state index >= 15 is 0 Å². The number of benzene rings is 2. The second-order valence-corrected chi connectivity index (χ2v) is 6.99. The van der Waals surface area contributed by atoms with Gasteiger partial charge in [-0.1, -0.05) is 29.8 Å². The second-order valence-electron chi connectivity index (χ2n) is 4.82. The Morgan fingerprint density at radius 2 is 1.88 bits per heavy atom. The van der Waals surface area contributed by atoms with Gasteiger partial charge in [0.25, 0.3) is 0 Å². The fourth-order valence-electron chi connectivity index (χ4n) is 1.97. The molecule has 0 heterocycles. The standard InChI is InChI=1S/C15H13ClF3NO3S/c1-23-13-6-5-12(16)8-14(13)24(21,22)20-9-10-3-2-4-11(7-10)15(17,18)19/h2-8,20H,9H2,1H3. The highest BCUT2D eigenvalue weighted by molar-refractivity contribution is 7.89. The number of rotatable bonds is 5. The molecule has 2 aromatic carbocycles. The van der Waals surface area contributed by atoms with E-state index in [1.54, 1.807) is 0 Å². The van der Waals surface area contributed by atoms with Crippen LogP contribution in [0.1, 0.15) is 11.1 Å². The highest BCUT2D eigenvalue weighted by Gasteiger charge is 2.30. The molecule has 0 saturated heterocycles. The van der Waals surface area contributed by atoms with Crippen LogP contribution < -0.4 is 9.46 Å². The molecular weight excluding hydrogens is 367 g/mol. The Labute approximate surface area is 142 Å². The summed E-state index contributed by atoms with van der Waals surface area (Å²) in [4.78, 5) is -0.190. The zero-order valence-corrected chi connectivity index (χ0v) is 14.0. The quantitative estimate of drug-likeness (QED) is 0.858. The van der Waals surface area contributed by atoms with E-state index in [4.69, 9.17) is 16.3 Å². The molecule has 0 aliphatic rings. The molecule has 0 aliphatic carbocycles. The number of ether oxygens (including phenoxy) is 1. The molecule has 0 spiro atoms. The Kier molecular flexibility index (Phi) is 5.42. The molecule has 9 heteroatoms. The molecule has 0 atom stereocenters. The maximum Gasteiger partial charge on any atom is 0.416 e. The van der Waals surface area contributed by atoms with Crippen molar-refractivity contribution in [3.8, 4) is 5.75 Å². The van der Waals surface area contributed by atoms with Gasteiger partial charge in [0.2, 0.25) is 10.0 Å². The fraction of sp³-hybridized carbons (Fsp3) is 0.200. The summed E-state index contributed by atoms with van der Waals surface area (Å²) >= 11 is 5.80. The molecule has 0 bridgehead atoms. The summed E-state index contributed by atoms with van der Waals surface area (Å²) in [7, 11) is -2.71. The average Bonchev–Trinajstić information content (AvgIpc) is 2.52. The van der Waals surface area contributed by atoms with Crippen LogP contribution in [-0.4, -0.2) is 15.5 Å². The van der Waals surface area contributed by atoms with Crippen molar-refractivity contribution in [1.82, 2.24) is 4.72 Å². The summed E-state index contributed by atoms with van der Waals surface area (Å²) in [5.41, 5.74) is -0.672. The number of halogens is 4. The van der Waals surface area contributed by atoms with Crippen LogP contribution >= 0.6 is 11.6 Å². The first-order valence-corrected chi connectivity index (χ1v) is 8.49. The van der Waals surface area contributed by atoms with E-state index < -0.39 is 21.8 Å². The zero-order valence-electron chi connectivity index (χ0n) is 12.4. The van der Waals surface area contributed by atoms with Crippen LogP contribution in [0.4, 0.5) is 13.2 Å². The van der Waals surface area contributed by atoms with Gasteiger partial charge in [0.05, 0.1) is 12.7 Å². The van der Waals surface area contributed by atoms with Crippen molar-refractivity contribution in [3.05, 3.63) is 58.6 Å². The van der Waals surface area contributed by atoms with Gasteiger partial charge in [-0.3, -0.25) is 0 Å². The van der Waals surface area contributed by atoms with Crippen molar-refractivity contribution in [2.75, 3.05) is 7.11 Å². The van der Waals surface area contributed by atoms with Gasteiger partial charge in [0.15, 0.2) is 0 Å². The van der Waals surface area contributed by atoms with E-state index in [1.165, 1.54) is 37.4 Å². The van der Waals surface area contributed by atoms with Gasteiger partial charge in [-0.05, 0) is 29.8 Å². The highest BCUT2D eigenvalue weighted by atomic mass is 35.5. The lowest BCUT2D eigenvalue weighted by molar-refractivity contribution is -0.137. The molecular formula is C15H13ClF3NO3S. The molecule has 0 saturated carbocycles. The molecule has 0 fully saturated rings. The summed E-state index contributed by atoms with van der Waals surface area (Å²) in [5.74, 6) is 0.0796. The summed E-state index contributed by atoms with van der Waals surface area (Å²) in [6, 6.07) is 8.47. The summed E-state index contributed by atoms with van der Waals surface area (Å²) in [6.07, 6.45) is -4.49. The third-order valence-electron chi connectivity index (χ3n) is 3.14. The van der Waals surface area contributed by atoms with Crippen LogP contribution in [0.15, 0.2) is 47.4 Å². The van der Waals surface area contributed by atoms with Crippen molar-refractivity contribution in [1.29, 1.82) is 0 Å². The second kappa shape index (κ2) is 7.00. The largest absolute Gasteiger partial charge is 0.495 e. The van der Waals surface area contributed by atoms with Gasteiger partial charge in [-0.15, -0.1) is 0 Å². The first-order chi connectivity index (χ1) is 11.1. The smallest absolute Gasteiger partial charge is 0.416 e. The molecule has 0 amide bonds. The van der Waals surface area contributed by atoms with E-state index in [2.05, 4.69) is 4.72 Å². The van der Waals surface area contributed by atoms with Gasteiger partial charge in [0.1, 0.15) is 10.6 Å². The SMILES string of the molecule is COc1ccc(Cl)cc1S(=O)(=O)NCc1cccc(C(F)(F)F)c1. The molecule has 130 valence electrons. The van der Waals surface area contributed by atoms with Crippen molar-refractivity contribution in [2.45, 2.75) is 17.6 Å². The number of sulfonamides is 1. The molecule has 2 rings (SSSR count). The van der Waals surface area contributed by atoms with Crippen LogP contribution in [0.3, 0.4) is 0 Å². The lowest BCUT2D eigenvalue weighted by atomic mass is 10.1. The normalized spacial score (nSPS) is 12.2. The molecule has 0 radical (unpaired) electrons. The Hall–Kier alpha value is -1.77. The Balaban J connectivity index is 2.24. The van der Waals surface area contributed by atoms with Crippen LogP contribution in [0.25, 0.3) is 0 Å². The molecule has 24 heavy (non-hydrogen) atoms. The summed E-state index contributed by atoms with van der Waals surface area (Å²) in [5, 5.41) is 0.190. The van der Waals surface area contributed by atoms with Crippen LogP contribution in [0.5, 0.6) is 5.75 Å². The number of alkyl halides is 3. The van der Waals surface area contributed by atoms with E-state index in [1.807, 2.05) is 0 Å². The predicted molar refractivity (Wildman–Crippen MR) is 83.5 cm³/mol. The maximum absolute atomic E-state index is 12.7. The van der Waals surface area contributed by atoms with Gasteiger partial charge in [-0.25, -0.2) is 13.1 Å². The summed E-state index contributed by atoms with van der Waals surface area (Å²) < 4.78 is 70.0. The minimum Gasteiger partial charge on any atom is -0.495 e. The van der Waals surface area contributed by atoms with Crippen molar-refractivity contribution in [2.24, 2.45) is 0 Å².